The maximum Gasteiger partial charge on any atom is 0.416 e. The summed E-state index contributed by atoms with van der Waals surface area (Å²) in [6, 6.07) is 5.41. The van der Waals surface area contributed by atoms with Crippen LogP contribution in [0.4, 0.5) is 19.0 Å². The van der Waals surface area contributed by atoms with Crippen molar-refractivity contribution in [2.24, 2.45) is 0 Å². The fourth-order valence-electron chi connectivity index (χ4n) is 4.05. The van der Waals surface area contributed by atoms with Gasteiger partial charge in [0.1, 0.15) is 5.82 Å². The molecule has 2 aliphatic rings. The number of halogens is 3. The molecule has 0 radical (unpaired) electrons. The summed E-state index contributed by atoms with van der Waals surface area (Å²) in [5.41, 5.74) is 2.06. The number of alkyl halides is 3. The van der Waals surface area contributed by atoms with Gasteiger partial charge in [-0.15, -0.1) is 0 Å². The van der Waals surface area contributed by atoms with Gasteiger partial charge in [-0.1, -0.05) is 13.0 Å². The Labute approximate surface area is 151 Å². The van der Waals surface area contributed by atoms with Crippen LogP contribution in [0.1, 0.15) is 42.5 Å². The van der Waals surface area contributed by atoms with E-state index in [9.17, 15) is 13.2 Å². The number of rotatable bonds is 3. The third kappa shape index (κ3) is 3.09. The lowest BCUT2D eigenvalue weighted by Crippen LogP contribution is -2.33. The average molecular weight is 364 g/mol. The first kappa shape index (κ1) is 17.4. The predicted octanol–water partition coefficient (Wildman–Crippen LogP) is 4.06. The van der Waals surface area contributed by atoms with Gasteiger partial charge in [0.15, 0.2) is 0 Å². The van der Waals surface area contributed by atoms with Crippen LogP contribution in [0.15, 0.2) is 24.3 Å². The molecule has 1 aromatic carbocycles. The molecule has 0 spiro atoms. The summed E-state index contributed by atoms with van der Waals surface area (Å²) < 4.78 is 40.9. The van der Waals surface area contributed by atoms with E-state index in [0.29, 0.717) is 11.6 Å². The van der Waals surface area contributed by atoms with Gasteiger partial charge >= 0.3 is 6.18 Å². The predicted molar refractivity (Wildman–Crippen MR) is 94.8 cm³/mol. The van der Waals surface area contributed by atoms with Gasteiger partial charge in [0.25, 0.3) is 0 Å². The quantitative estimate of drug-likeness (QED) is 0.892. The van der Waals surface area contributed by atoms with Gasteiger partial charge in [0, 0.05) is 18.0 Å². The van der Waals surface area contributed by atoms with E-state index in [1.54, 1.807) is 10.7 Å². The Kier molecular flexibility index (Phi) is 4.42. The molecule has 0 saturated carbocycles. The van der Waals surface area contributed by atoms with Crippen molar-refractivity contribution in [1.29, 1.82) is 0 Å². The van der Waals surface area contributed by atoms with Crippen molar-refractivity contribution in [3.05, 3.63) is 41.1 Å². The Balaban J connectivity index is 1.69. The van der Waals surface area contributed by atoms with Crippen LogP contribution >= 0.6 is 0 Å². The highest BCUT2D eigenvalue weighted by Crippen LogP contribution is 2.37. The molecule has 2 aliphatic heterocycles. The fraction of sp³-hybridized carbons (Fsp3) is 0.526. The van der Waals surface area contributed by atoms with Gasteiger partial charge in [-0.05, 0) is 57.1 Å². The second-order valence-corrected chi connectivity index (χ2v) is 7.06. The third-order valence-electron chi connectivity index (χ3n) is 5.52. The molecule has 1 N–H and O–H groups in total. The highest BCUT2D eigenvalue weighted by atomic mass is 19.4. The molecule has 1 fully saturated rings. The van der Waals surface area contributed by atoms with Crippen LogP contribution < -0.4 is 5.32 Å². The monoisotopic (exact) mass is 364 g/mol. The summed E-state index contributed by atoms with van der Waals surface area (Å²) in [5, 5.41) is 8.08. The molecule has 2 aromatic rings. The summed E-state index contributed by atoms with van der Waals surface area (Å²) >= 11 is 0. The first-order chi connectivity index (χ1) is 12.5. The van der Waals surface area contributed by atoms with Crippen LogP contribution in [0.5, 0.6) is 0 Å². The summed E-state index contributed by atoms with van der Waals surface area (Å²) in [7, 11) is 0. The molecule has 1 saturated heterocycles. The smallest absolute Gasteiger partial charge is 0.369 e. The van der Waals surface area contributed by atoms with Crippen LogP contribution in [0.3, 0.4) is 0 Å². The van der Waals surface area contributed by atoms with E-state index < -0.39 is 11.7 Å². The molecule has 4 rings (SSSR count). The van der Waals surface area contributed by atoms with Crippen molar-refractivity contribution in [2.45, 2.75) is 38.3 Å². The van der Waals surface area contributed by atoms with Crippen molar-refractivity contribution in [1.82, 2.24) is 14.7 Å². The van der Waals surface area contributed by atoms with Crippen molar-refractivity contribution in [3.8, 4) is 5.69 Å². The van der Waals surface area contributed by atoms with Gasteiger partial charge < -0.3 is 10.2 Å². The lowest BCUT2D eigenvalue weighted by atomic mass is 9.91. The molecule has 0 bridgehead atoms. The van der Waals surface area contributed by atoms with Crippen molar-refractivity contribution < 1.29 is 13.2 Å². The fourth-order valence-corrected chi connectivity index (χ4v) is 4.05. The first-order valence-electron chi connectivity index (χ1n) is 9.23. The summed E-state index contributed by atoms with van der Waals surface area (Å²) in [6.07, 6.45) is -1.35. The van der Waals surface area contributed by atoms with Crippen LogP contribution in [0, 0.1) is 0 Å². The Morgan fingerprint density at radius 3 is 2.69 bits per heavy atom. The molecule has 26 heavy (non-hydrogen) atoms. The number of hydrogen-bond donors (Lipinski definition) is 1. The average Bonchev–Trinajstić information content (AvgIpc) is 3.24. The zero-order valence-corrected chi connectivity index (χ0v) is 14.8. The number of benzene rings is 1. The highest BCUT2D eigenvalue weighted by molar-refractivity contribution is 5.58. The minimum atomic E-state index is -4.35. The van der Waals surface area contributed by atoms with Crippen LogP contribution in [-0.4, -0.2) is 40.9 Å². The molecule has 0 unspecified atom stereocenters. The van der Waals surface area contributed by atoms with Gasteiger partial charge in [-0.2, -0.15) is 18.3 Å². The van der Waals surface area contributed by atoms with E-state index >= 15 is 0 Å². The number of fused-ring (bicyclic) bond motifs is 1. The van der Waals surface area contributed by atoms with Gasteiger partial charge in [-0.25, -0.2) is 4.68 Å². The molecule has 4 nitrogen and oxygen atoms in total. The molecule has 140 valence electrons. The van der Waals surface area contributed by atoms with E-state index in [-0.39, 0.29) is 0 Å². The lowest BCUT2D eigenvalue weighted by molar-refractivity contribution is -0.137. The maximum atomic E-state index is 13.1. The zero-order valence-electron chi connectivity index (χ0n) is 14.8. The molecule has 7 heteroatoms. The van der Waals surface area contributed by atoms with E-state index in [4.69, 9.17) is 5.10 Å². The van der Waals surface area contributed by atoms with E-state index in [1.807, 2.05) is 0 Å². The van der Waals surface area contributed by atoms with E-state index in [0.717, 1.165) is 63.0 Å². The number of aromatic nitrogens is 2. The minimum Gasteiger partial charge on any atom is -0.369 e. The highest BCUT2D eigenvalue weighted by Gasteiger charge is 2.32. The third-order valence-corrected chi connectivity index (χ3v) is 5.52. The second-order valence-electron chi connectivity index (χ2n) is 7.06. The Bertz CT molecular complexity index is 789. The Morgan fingerprint density at radius 1 is 1.23 bits per heavy atom. The van der Waals surface area contributed by atoms with E-state index in [1.165, 1.54) is 17.7 Å². The number of nitrogens with zero attached hydrogens (tertiary/aromatic N) is 3. The zero-order chi connectivity index (χ0) is 18.3. The topological polar surface area (TPSA) is 33.1 Å². The molecule has 1 aromatic heterocycles. The molecular weight excluding hydrogens is 341 g/mol. The van der Waals surface area contributed by atoms with Crippen LogP contribution in [0.25, 0.3) is 5.69 Å². The number of likely N-dealkylation sites (tertiary alicyclic amines) is 1. The molecule has 0 atom stereocenters. The number of nitrogens with one attached hydrogen (secondary N) is 1. The van der Waals surface area contributed by atoms with Gasteiger partial charge in [-0.3, -0.25) is 0 Å². The van der Waals surface area contributed by atoms with Gasteiger partial charge in [0.05, 0.1) is 16.9 Å². The number of anilines is 1. The minimum absolute atomic E-state index is 0.387. The second kappa shape index (κ2) is 6.61. The van der Waals surface area contributed by atoms with Crippen molar-refractivity contribution >= 4 is 5.82 Å². The van der Waals surface area contributed by atoms with E-state index in [2.05, 4.69) is 17.1 Å². The SMILES string of the molecule is CCN1CCC(c2nn(-c3cccc(C(F)(F)F)c3)c3c2CCN3)CC1. The summed E-state index contributed by atoms with van der Waals surface area (Å²) in [6.45, 7) is 6.15. The first-order valence-corrected chi connectivity index (χ1v) is 9.23. The Hall–Kier alpha value is -2.02. The molecule has 0 amide bonds. The molecule has 3 heterocycles. The largest absolute Gasteiger partial charge is 0.416 e. The van der Waals surface area contributed by atoms with Gasteiger partial charge in [0.2, 0.25) is 0 Å². The maximum absolute atomic E-state index is 13.1. The van der Waals surface area contributed by atoms with Crippen molar-refractivity contribution in [2.75, 3.05) is 31.5 Å². The summed E-state index contributed by atoms with van der Waals surface area (Å²) in [4.78, 5) is 2.43. The Morgan fingerprint density at radius 2 is 2.00 bits per heavy atom. The standard InChI is InChI=1S/C19H23F3N4/c1-2-25-10-7-13(8-11-25)17-16-6-9-23-18(16)26(24-17)15-5-3-4-14(12-15)19(20,21)22/h3-5,12-13,23H,2,6-11H2,1H3. The van der Waals surface area contributed by atoms with Crippen LogP contribution in [-0.2, 0) is 12.6 Å². The lowest BCUT2D eigenvalue weighted by Gasteiger charge is -2.30. The molecule has 0 aliphatic carbocycles. The van der Waals surface area contributed by atoms with Crippen LogP contribution in [0.2, 0.25) is 0 Å². The normalized spacial score (nSPS) is 18.8. The van der Waals surface area contributed by atoms with Crippen molar-refractivity contribution in [3.63, 3.8) is 0 Å². The number of hydrogen-bond acceptors (Lipinski definition) is 3. The summed E-state index contributed by atoms with van der Waals surface area (Å²) in [5.74, 6) is 1.25. The molecular formula is C19H23F3N4. The number of piperidine rings is 1.